The molecule has 0 saturated heterocycles. The lowest BCUT2D eigenvalue weighted by atomic mass is 9.99. The third-order valence-corrected chi connectivity index (χ3v) is 3.21. The summed E-state index contributed by atoms with van der Waals surface area (Å²) in [7, 11) is 0. The second-order valence-electron chi connectivity index (χ2n) is 4.72. The maximum absolute atomic E-state index is 12.5. The minimum atomic E-state index is -1.20. The Balaban J connectivity index is 2.12. The molecule has 116 valence electrons. The van der Waals surface area contributed by atoms with Crippen LogP contribution in [0.5, 0.6) is 5.75 Å². The molecule has 0 saturated carbocycles. The Morgan fingerprint density at radius 1 is 1.05 bits per heavy atom. The van der Waals surface area contributed by atoms with E-state index < -0.39 is 6.10 Å². The molecule has 0 aromatic heterocycles. The van der Waals surface area contributed by atoms with Gasteiger partial charge < -0.3 is 14.6 Å². The molecule has 0 spiro atoms. The van der Waals surface area contributed by atoms with Crippen LogP contribution < -0.4 is 4.74 Å². The van der Waals surface area contributed by atoms with Gasteiger partial charge in [-0.3, -0.25) is 4.79 Å². The average molecular weight is 300 g/mol. The first-order valence-corrected chi connectivity index (χ1v) is 7.30. The molecule has 0 amide bonds. The van der Waals surface area contributed by atoms with E-state index in [1.807, 2.05) is 13.0 Å². The highest BCUT2D eigenvalue weighted by molar-refractivity contribution is 6.02. The van der Waals surface area contributed by atoms with E-state index in [2.05, 4.69) is 0 Å². The van der Waals surface area contributed by atoms with Gasteiger partial charge in [0.15, 0.2) is 5.78 Å². The molecule has 22 heavy (non-hydrogen) atoms. The number of aliphatic hydroxyl groups is 1. The smallest absolute Gasteiger partial charge is 0.199 e. The Morgan fingerprint density at radius 2 is 1.73 bits per heavy atom. The van der Waals surface area contributed by atoms with Crippen LogP contribution in [0.1, 0.15) is 28.9 Å². The molecule has 0 bridgehead atoms. The molecule has 2 rings (SSSR count). The molecule has 2 aromatic rings. The maximum atomic E-state index is 12.5. The topological polar surface area (TPSA) is 55.8 Å². The first kappa shape index (κ1) is 16.2. The Hall–Kier alpha value is -2.17. The minimum absolute atomic E-state index is 0.361. The van der Waals surface area contributed by atoms with Crippen LogP contribution in [-0.4, -0.2) is 30.7 Å². The summed E-state index contributed by atoms with van der Waals surface area (Å²) in [6.45, 7) is 3.35. The second-order valence-corrected chi connectivity index (χ2v) is 4.72. The molecule has 0 aliphatic rings. The van der Waals surface area contributed by atoms with Gasteiger partial charge in [-0.25, -0.2) is 0 Å². The highest BCUT2D eigenvalue weighted by atomic mass is 16.5. The Bertz CT molecular complexity index is 595. The second kappa shape index (κ2) is 8.32. The molecule has 0 heterocycles. The van der Waals surface area contributed by atoms with Crippen molar-refractivity contribution in [2.75, 3.05) is 19.8 Å². The number of aliphatic hydroxyl groups excluding tert-OH is 1. The Kier molecular flexibility index (Phi) is 6.13. The molecule has 4 nitrogen and oxygen atoms in total. The van der Waals surface area contributed by atoms with Crippen molar-refractivity contribution in [2.24, 2.45) is 0 Å². The monoisotopic (exact) mass is 300 g/mol. The van der Waals surface area contributed by atoms with Crippen LogP contribution in [0.4, 0.5) is 0 Å². The third kappa shape index (κ3) is 4.16. The van der Waals surface area contributed by atoms with Crippen LogP contribution >= 0.6 is 0 Å². The minimum Gasteiger partial charge on any atom is -0.490 e. The van der Waals surface area contributed by atoms with E-state index in [0.29, 0.717) is 36.7 Å². The predicted octanol–water partition coefficient (Wildman–Crippen LogP) is 3.02. The van der Waals surface area contributed by atoms with Gasteiger partial charge in [-0.2, -0.15) is 0 Å². The SMILES string of the molecule is CCOCCOc1ccccc1C(=O)C(O)c1ccccc1. The number of Topliss-reactive ketones (excluding diaryl/α,β-unsaturated/α-hetero) is 1. The van der Waals surface area contributed by atoms with Crippen molar-refractivity contribution >= 4 is 5.78 Å². The Labute approximate surface area is 130 Å². The summed E-state index contributed by atoms with van der Waals surface area (Å²) < 4.78 is 10.8. The number of ether oxygens (including phenoxy) is 2. The zero-order chi connectivity index (χ0) is 15.8. The van der Waals surface area contributed by atoms with Crippen molar-refractivity contribution < 1.29 is 19.4 Å². The van der Waals surface area contributed by atoms with Crippen molar-refractivity contribution in [2.45, 2.75) is 13.0 Å². The van der Waals surface area contributed by atoms with E-state index in [4.69, 9.17) is 9.47 Å². The molecule has 1 N–H and O–H groups in total. The lowest BCUT2D eigenvalue weighted by Gasteiger charge is -2.14. The summed E-state index contributed by atoms with van der Waals surface area (Å²) in [6, 6.07) is 15.8. The van der Waals surface area contributed by atoms with E-state index in [9.17, 15) is 9.90 Å². The summed E-state index contributed by atoms with van der Waals surface area (Å²) in [6.07, 6.45) is -1.20. The summed E-state index contributed by atoms with van der Waals surface area (Å²) in [5.74, 6) is 0.0837. The van der Waals surface area contributed by atoms with Crippen LogP contribution in [-0.2, 0) is 4.74 Å². The Morgan fingerprint density at radius 3 is 2.45 bits per heavy atom. The predicted molar refractivity (Wildman–Crippen MR) is 84.2 cm³/mol. The number of carbonyl (C=O) groups excluding carboxylic acids is 1. The standard InChI is InChI=1S/C18H20O4/c1-2-21-12-13-22-16-11-7-6-10-15(16)18(20)17(19)14-8-4-3-5-9-14/h3-11,17,19H,2,12-13H2,1H3. The van der Waals surface area contributed by atoms with Gasteiger partial charge in [0, 0.05) is 6.61 Å². The van der Waals surface area contributed by atoms with Crippen molar-refractivity contribution in [3.05, 3.63) is 65.7 Å². The molecular weight excluding hydrogens is 280 g/mol. The lowest BCUT2D eigenvalue weighted by molar-refractivity contribution is 0.0738. The van der Waals surface area contributed by atoms with Gasteiger partial charge in [0.2, 0.25) is 0 Å². The van der Waals surface area contributed by atoms with E-state index in [-0.39, 0.29) is 5.78 Å². The highest BCUT2D eigenvalue weighted by Crippen LogP contribution is 2.25. The van der Waals surface area contributed by atoms with Gasteiger partial charge in [0.25, 0.3) is 0 Å². The first-order chi connectivity index (χ1) is 10.7. The zero-order valence-corrected chi connectivity index (χ0v) is 12.6. The van der Waals surface area contributed by atoms with E-state index in [0.717, 1.165) is 0 Å². The normalized spacial score (nSPS) is 11.9. The molecule has 0 aliphatic heterocycles. The summed E-state index contributed by atoms with van der Waals surface area (Å²) in [4.78, 5) is 12.5. The number of carbonyl (C=O) groups is 1. The van der Waals surface area contributed by atoms with Crippen molar-refractivity contribution in [1.82, 2.24) is 0 Å². The summed E-state index contributed by atoms with van der Waals surface area (Å²) in [5, 5.41) is 10.2. The van der Waals surface area contributed by atoms with Crippen LogP contribution in [0.2, 0.25) is 0 Å². The molecule has 1 atom stereocenters. The van der Waals surface area contributed by atoms with Gasteiger partial charge in [0.1, 0.15) is 18.5 Å². The molecular formula is C18H20O4. The number of rotatable bonds is 8. The van der Waals surface area contributed by atoms with Gasteiger partial charge in [-0.1, -0.05) is 42.5 Å². The van der Waals surface area contributed by atoms with E-state index >= 15 is 0 Å². The molecule has 0 radical (unpaired) electrons. The van der Waals surface area contributed by atoms with Crippen LogP contribution in [0, 0.1) is 0 Å². The summed E-state index contributed by atoms with van der Waals surface area (Å²) in [5.41, 5.74) is 0.937. The fraction of sp³-hybridized carbons (Fsp3) is 0.278. The van der Waals surface area contributed by atoms with Crippen molar-refractivity contribution in [3.8, 4) is 5.75 Å². The lowest BCUT2D eigenvalue weighted by Crippen LogP contribution is -2.15. The quantitative estimate of drug-likeness (QED) is 0.601. The van der Waals surface area contributed by atoms with Crippen LogP contribution in [0.15, 0.2) is 54.6 Å². The van der Waals surface area contributed by atoms with E-state index in [1.54, 1.807) is 48.5 Å². The van der Waals surface area contributed by atoms with Crippen LogP contribution in [0.25, 0.3) is 0 Å². The van der Waals surface area contributed by atoms with Crippen LogP contribution in [0.3, 0.4) is 0 Å². The van der Waals surface area contributed by atoms with Gasteiger partial charge >= 0.3 is 0 Å². The number of hydrogen-bond donors (Lipinski definition) is 1. The fourth-order valence-corrected chi connectivity index (χ4v) is 2.08. The number of hydrogen-bond acceptors (Lipinski definition) is 4. The number of para-hydroxylation sites is 1. The fourth-order valence-electron chi connectivity index (χ4n) is 2.08. The maximum Gasteiger partial charge on any atom is 0.199 e. The average Bonchev–Trinajstić information content (AvgIpc) is 2.58. The molecule has 4 heteroatoms. The van der Waals surface area contributed by atoms with E-state index in [1.165, 1.54) is 0 Å². The first-order valence-electron chi connectivity index (χ1n) is 7.30. The zero-order valence-electron chi connectivity index (χ0n) is 12.6. The molecule has 2 aromatic carbocycles. The molecule has 0 aliphatic carbocycles. The number of benzene rings is 2. The van der Waals surface area contributed by atoms with Gasteiger partial charge in [-0.15, -0.1) is 0 Å². The third-order valence-electron chi connectivity index (χ3n) is 3.21. The number of ketones is 1. The van der Waals surface area contributed by atoms with Gasteiger partial charge in [0.05, 0.1) is 12.2 Å². The largest absolute Gasteiger partial charge is 0.490 e. The molecule has 1 unspecified atom stereocenters. The summed E-state index contributed by atoms with van der Waals surface area (Å²) >= 11 is 0. The van der Waals surface area contributed by atoms with Gasteiger partial charge in [-0.05, 0) is 24.6 Å². The van der Waals surface area contributed by atoms with Crippen molar-refractivity contribution in [1.29, 1.82) is 0 Å². The van der Waals surface area contributed by atoms with Crippen molar-refractivity contribution in [3.63, 3.8) is 0 Å². The molecule has 0 fully saturated rings. The highest BCUT2D eigenvalue weighted by Gasteiger charge is 2.22.